The molecule has 29 heavy (non-hydrogen) atoms. The molecule has 0 bridgehead atoms. The van der Waals surface area contributed by atoms with Crippen LogP contribution in [-0.2, 0) is 6.42 Å². The molecule has 0 atom stereocenters. The first-order valence-corrected chi connectivity index (χ1v) is 9.82. The van der Waals surface area contributed by atoms with Crippen LogP contribution in [0.1, 0.15) is 53.9 Å². The smallest absolute Gasteiger partial charge is 0.263 e. The fourth-order valence-electron chi connectivity index (χ4n) is 3.02. The molecule has 0 fully saturated rings. The fraction of sp³-hybridized carbons (Fsp3) is 0.250. The van der Waals surface area contributed by atoms with Crippen LogP contribution in [0.4, 0.5) is 0 Å². The van der Waals surface area contributed by atoms with E-state index in [0.29, 0.717) is 17.9 Å². The molecule has 2 aromatic heterocycles. The Bertz CT molecular complexity index is 983. The zero-order valence-corrected chi connectivity index (χ0v) is 16.3. The fourth-order valence-corrected chi connectivity index (χ4v) is 3.02. The minimum atomic E-state index is -0.0760. The maximum Gasteiger partial charge on any atom is 0.263 e. The Kier molecular flexibility index (Phi) is 7.48. The molecule has 0 aliphatic rings. The average Bonchev–Trinajstić information content (AvgIpc) is 3.26. The van der Waals surface area contributed by atoms with E-state index in [9.17, 15) is 4.79 Å². The first kappa shape index (κ1) is 20.2. The number of aromatic nitrogens is 2. The van der Waals surface area contributed by atoms with Gasteiger partial charge >= 0.3 is 0 Å². The molecule has 0 spiro atoms. The Morgan fingerprint density at radius 1 is 1.00 bits per heavy atom. The standard InChI is InChI=1S/C24H23N3O2/c25-16-8-12-20-14-15-21(26-17-20)23-18-27-24(29-23)22(28)13-7-2-1-4-9-19-10-5-3-6-11-19/h3,5-6,8,10-12,14-15,17-18H,1-2,4,7,9,13H2/b12-8+. The first-order valence-electron chi connectivity index (χ1n) is 9.82. The van der Waals surface area contributed by atoms with Gasteiger partial charge in [0.05, 0.1) is 12.3 Å². The van der Waals surface area contributed by atoms with E-state index in [2.05, 4.69) is 34.2 Å². The molecular formula is C24H23N3O2. The van der Waals surface area contributed by atoms with Crippen LogP contribution >= 0.6 is 0 Å². The second kappa shape index (κ2) is 10.7. The molecule has 0 N–H and O–H groups in total. The highest BCUT2D eigenvalue weighted by Crippen LogP contribution is 2.20. The van der Waals surface area contributed by atoms with E-state index in [-0.39, 0.29) is 11.7 Å². The van der Waals surface area contributed by atoms with Crippen molar-refractivity contribution in [1.29, 1.82) is 5.26 Å². The Morgan fingerprint density at radius 3 is 2.59 bits per heavy atom. The van der Waals surface area contributed by atoms with Crippen LogP contribution in [-0.4, -0.2) is 15.8 Å². The highest BCUT2D eigenvalue weighted by molar-refractivity contribution is 5.91. The maximum absolute atomic E-state index is 12.3. The number of unbranched alkanes of at least 4 members (excludes halogenated alkanes) is 3. The van der Waals surface area contributed by atoms with E-state index in [0.717, 1.165) is 37.7 Å². The number of allylic oxidation sites excluding steroid dienone is 1. The number of nitrogens with zero attached hydrogens (tertiary/aromatic N) is 3. The lowest BCUT2D eigenvalue weighted by Gasteiger charge is -2.01. The minimum absolute atomic E-state index is 0.0760. The van der Waals surface area contributed by atoms with E-state index in [1.807, 2.05) is 18.2 Å². The molecule has 0 unspecified atom stereocenters. The summed E-state index contributed by atoms with van der Waals surface area (Å²) in [5.74, 6) is 0.527. The SMILES string of the molecule is N#C/C=C/c1ccc(-c2cnc(C(=O)CCCCCCc3ccccc3)o2)nc1. The lowest BCUT2D eigenvalue weighted by molar-refractivity contribution is 0.0946. The van der Waals surface area contributed by atoms with Crippen LogP contribution in [0.5, 0.6) is 0 Å². The van der Waals surface area contributed by atoms with E-state index < -0.39 is 0 Å². The Labute approximate surface area is 170 Å². The van der Waals surface area contributed by atoms with E-state index in [1.54, 1.807) is 18.3 Å². The third kappa shape index (κ3) is 6.25. The topological polar surface area (TPSA) is 79.8 Å². The zero-order valence-electron chi connectivity index (χ0n) is 16.3. The highest BCUT2D eigenvalue weighted by atomic mass is 16.4. The van der Waals surface area contributed by atoms with E-state index in [1.165, 1.54) is 17.8 Å². The minimum Gasteiger partial charge on any atom is -0.432 e. The molecule has 3 aromatic rings. The quantitative estimate of drug-likeness (QED) is 0.256. The maximum atomic E-state index is 12.3. The van der Waals surface area contributed by atoms with Gasteiger partial charge in [-0.3, -0.25) is 9.78 Å². The van der Waals surface area contributed by atoms with Crippen molar-refractivity contribution < 1.29 is 9.21 Å². The van der Waals surface area contributed by atoms with Crippen LogP contribution in [0.3, 0.4) is 0 Å². The van der Waals surface area contributed by atoms with Gasteiger partial charge in [0.15, 0.2) is 5.76 Å². The highest BCUT2D eigenvalue weighted by Gasteiger charge is 2.14. The van der Waals surface area contributed by atoms with Gasteiger partial charge in [-0.05, 0) is 42.5 Å². The Hall–Kier alpha value is -3.52. The summed E-state index contributed by atoms with van der Waals surface area (Å²) in [5.41, 5.74) is 2.78. The molecule has 0 amide bonds. The van der Waals surface area contributed by atoms with E-state index >= 15 is 0 Å². The molecular weight excluding hydrogens is 362 g/mol. The Balaban J connectivity index is 1.42. The number of ketones is 1. The number of pyridine rings is 1. The zero-order chi connectivity index (χ0) is 20.3. The number of rotatable bonds is 10. The molecule has 0 aliphatic carbocycles. The number of carbonyl (C=O) groups excluding carboxylic acids is 1. The second-order valence-electron chi connectivity index (χ2n) is 6.79. The van der Waals surface area contributed by atoms with E-state index in [4.69, 9.17) is 9.68 Å². The second-order valence-corrected chi connectivity index (χ2v) is 6.79. The van der Waals surface area contributed by atoms with Gasteiger partial charge in [0.25, 0.3) is 5.89 Å². The monoisotopic (exact) mass is 385 g/mol. The van der Waals surface area contributed by atoms with Crippen molar-refractivity contribution >= 4 is 11.9 Å². The Morgan fingerprint density at radius 2 is 1.83 bits per heavy atom. The summed E-state index contributed by atoms with van der Waals surface area (Å²) in [7, 11) is 0. The number of nitriles is 1. The third-order valence-electron chi connectivity index (χ3n) is 4.60. The molecule has 1 aromatic carbocycles. The molecule has 0 saturated heterocycles. The van der Waals surface area contributed by atoms with Gasteiger partial charge in [-0.25, -0.2) is 4.98 Å². The number of benzene rings is 1. The van der Waals surface area contributed by atoms with Crippen molar-refractivity contribution in [3.05, 3.63) is 78.0 Å². The molecule has 3 rings (SSSR count). The average molecular weight is 385 g/mol. The molecule has 5 nitrogen and oxygen atoms in total. The van der Waals surface area contributed by atoms with Gasteiger partial charge < -0.3 is 4.42 Å². The van der Waals surface area contributed by atoms with Crippen LogP contribution in [0.25, 0.3) is 17.5 Å². The number of hydrogen-bond donors (Lipinski definition) is 0. The lowest BCUT2D eigenvalue weighted by Crippen LogP contribution is -1.99. The number of carbonyl (C=O) groups is 1. The van der Waals surface area contributed by atoms with Crippen molar-refractivity contribution in [3.8, 4) is 17.5 Å². The number of hydrogen-bond acceptors (Lipinski definition) is 5. The lowest BCUT2D eigenvalue weighted by atomic mass is 10.0. The van der Waals surface area contributed by atoms with Crippen LogP contribution in [0.2, 0.25) is 0 Å². The first-order chi connectivity index (χ1) is 14.3. The third-order valence-corrected chi connectivity index (χ3v) is 4.60. The van der Waals surface area contributed by atoms with Crippen molar-refractivity contribution in [2.45, 2.75) is 38.5 Å². The number of oxazole rings is 1. The number of aryl methyl sites for hydroxylation is 1. The summed E-state index contributed by atoms with van der Waals surface area (Å²) in [4.78, 5) is 20.7. The van der Waals surface area contributed by atoms with Gasteiger partial charge in [0.1, 0.15) is 5.69 Å². The van der Waals surface area contributed by atoms with Crippen molar-refractivity contribution in [1.82, 2.24) is 9.97 Å². The predicted molar refractivity (Wildman–Crippen MR) is 112 cm³/mol. The van der Waals surface area contributed by atoms with Gasteiger partial charge in [0, 0.05) is 18.7 Å². The van der Waals surface area contributed by atoms with Gasteiger partial charge in [-0.1, -0.05) is 49.2 Å². The summed E-state index contributed by atoms with van der Waals surface area (Å²) >= 11 is 0. The van der Waals surface area contributed by atoms with Crippen molar-refractivity contribution in [3.63, 3.8) is 0 Å². The summed E-state index contributed by atoms with van der Waals surface area (Å²) in [6.45, 7) is 0. The normalized spacial score (nSPS) is 10.9. The molecule has 0 saturated carbocycles. The van der Waals surface area contributed by atoms with Crippen LogP contribution < -0.4 is 0 Å². The largest absolute Gasteiger partial charge is 0.432 e. The molecule has 0 radical (unpaired) electrons. The summed E-state index contributed by atoms with van der Waals surface area (Å²) in [6.07, 6.45) is 11.8. The van der Waals surface area contributed by atoms with Gasteiger partial charge in [-0.15, -0.1) is 0 Å². The van der Waals surface area contributed by atoms with Gasteiger partial charge in [0.2, 0.25) is 5.78 Å². The molecule has 146 valence electrons. The van der Waals surface area contributed by atoms with Crippen molar-refractivity contribution in [2.75, 3.05) is 0 Å². The molecule has 0 aliphatic heterocycles. The number of Topliss-reactive ketones (excluding diaryl/α,β-unsaturated/α-hetero) is 1. The van der Waals surface area contributed by atoms with Gasteiger partial charge in [-0.2, -0.15) is 5.26 Å². The molecule has 5 heteroatoms. The predicted octanol–water partition coefficient (Wildman–Crippen LogP) is 5.65. The van der Waals surface area contributed by atoms with Crippen LogP contribution in [0, 0.1) is 11.3 Å². The summed E-state index contributed by atoms with van der Waals surface area (Å²) in [6, 6.07) is 16.0. The summed E-state index contributed by atoms with van der Waals surface area (Å²) in [5, 5.41) is 8.55. The van der Waals surface area contributed by atoms with Crippen LogP contribution in [0.15, 0.2) is 65.4 Å². The summed E-state index contributed by atoms with van der Waals surface area (Å²) < 4.78 is 5.60. The molecule has 2 heterocycles. The van der Waals surface area contributed by atoms with Crippen molar-refractivity contribution in [2.24, 2.45) is 0 Å².